The molecule has 4 atom stereocenters. The first-order chi connectivity index (χ1) is 19.0. The van der Waals surface area contributed by atoms with E-state index in [0.717, 1.165) is 0 Å². The fraction of sp³-hybridized carbons (Fsp3) is 0.222. The molecule has 12 nitrogen and oxygen atoms in total. The minimum absolute atomic E-state index is 0.0413. The van der Waals surface area contributed by atoms with Gasteiger partial charge in [0.05, 0.1) is 18.3 Å². The summed E-state index contributed by atoms with van der Waals surface area (Å²) in [7, 11) is 0. The fourth-order valence-electron chi connectivity index (χ4n) is 4.22. The number of hydrogen-bond donors (Lipinski definition) is 9. The highest BCUT2D eigenvalue weighted by Gasteiger charge is 2.30. The molecule has 0 radical (unpaired) electrons. The Morgan fingerprint density at radius 2 is 1.62 bits per heavy atom. The van der Waals surface area contributed by atoms with Crippen LogP contribution in [0.15, 0.2) is 63.8 Å². The topological polar surface area (TPSA) is 213 Å². The maximum absolute atomic E-state index is 12.3. The SMILES string of the molecule is O=C(O)c1cc(NC(=S)NC[C@@H](O)C(O)[C@H](O)[C@H](O)CO)ccc1-c1c2ccc(=O)cc-2oc2cc(O)ccc12. The molecule has 2 aromatic rings. The third kappa shape index (κ3) is 6.04. The van der Waals surface area contributed by atoms with E-state index in [9.17, 15) is 40.2 Å². The summed E-state index contributed by atoms with van der Waals surface area (Å²) in [4.78, 5) is 24.3. The quantitative estimate of drug-likeness (QED) is 0.100. The van der Waals surface area contributed by atoms with Crippen molar-refractivity contribution in [3.8, 4) is 28.2 Å². The Morgan fingerprint density at radius 1 is 0.925 bits per heavy atom. The van der Waals surface area contributed by atoms with Gasteiger partial charge in [-0.15, -0.1) is 0 Å². The van der Waals surface area contributed by atoms with Crippen LogP contribution in [0.25, 0.3) is 33.4 Å². The molecule has 1 unspecified atom stereocenters. The van der Waals surface area contributed by atoms with Crippen LogP contribution in [-0.4, -0.2) is 84.4 Å². The molecule has 1 aliphatic carbocycles. The predicted molar refractivity (Wildman–Crippen MR) is 149 cm³/mol. The monoisotopic (exact) mass is 570 g/mol. The molecule has 210 valence electrons. The van der Waals surface area contributed by atoms with E-state index >= 15 is 0 Å². The van der Waals surface area contributed by atoms with Gasteiger partial charge in [0.25, 0.3) is 0 Å². The van der Waals surface area contributed by atoms with Crippen molar-refractivity contribution in [2.24, 2.45) is 0 Å². The molecule has 0 aromatic heterocycles. The van der Waals surface area contributed by atoms with Crippen molar-refractivity contribution < 1.29 is 45.0 Å². The lowest BCUT2D eigenvalue weighted by Gasteiger charge is -2.26. The first-order valence-electron chi connectivity index (χ1n) is 12.0. The summed E-state index contributed by atoms with van der Waals surface area (Å²) >= 11 is 5.19. The van der Waals surface area contributed by atoms with Crippen LogP contribution in [0.2, 0.25) is 0 Å². The van der Waals surface area contributed by atoms with Gasteiger partial charge in [0.15, 0.2) is 10.5 Å². The van der Waals surface area contributed by atoms with Crippen LogP contribution >= 0.6 is 12.2 Å². The van der Waals surface area contributed by atoms with Crippen LogP contribution in [0, 0.1) is 0 Å². The number of anilines is 1. The van der Waals surface area contributed by atoms with E-state index in [-0.39, 0.29) is 45.4 Å². The second-order valence-electron chi connectivity index (χ2n) is 9.01. The van der Waals surface area contributed by atoms with E-state index in [1.165, 1.54) is 36.4 Å². The first-order valence-corrected chi connectivity index (χ1v) is 12.4. The molecule has 0 spiro atoms. The summed E-state index contributed by atoms with van der Waals surface area (Å²) in [6.07, 6.45) is -6.79. The summed E-state index contributed by atoms with van der Waals surface area (Å²) in [5.74, 6) is -1.12. The zero-order valence-electron chi connectivity index (χ0n) is 20.7. The molecule has 13 heteroatoms. The number of aromatic carboxylic acids is 1. The van der Waals surface area contributed by atoms with Gasteiger partial charge in [0.2, 0.25) is 0 Å². The molecular weight excluding hydrogens is 544 g/mol. The Morgan fingerprint density at radius 3 is 2.33 bits per heavy atom. The van der Waals surface area contributed by atoms with Gasteiger partial charge in [-0.2, -0.15) is 0 Å². The summed E-state index contributed by atoms with van der Waals surface area (Å²) in [6, 6.07) is 13.0. The Kier molecular flexibility index (Phi) is 8.64. The highest BCUT2D eigenvalue weighted by molar-refractivity contribution is 7.80. The zero-order valence-corrected chi connectivity index (χ0v) is 21.5. The van der Waals surface area contributed by atoms with Crippen LogP contribution in [0.1, 0.15) is 10.4 Å². The molecule has 2 aromatic carbocycles. The lowest BCUT2D eigenvalue weighted by atomic mass is 9.90. The smallest absolute Gasteiger partial charge is 0.336 e. The van der Waals surface area contributed by atoms with Crippen molar-refractivity contribution in [3.05, 3.63) is 70.4 Å². The van der Waals surface area contributed by atoms with Crippen LogP contribution < -0.4 is 16.1 Å². The molecule has 9 N–H and O–H groups in total. The van der Waals surface area contributed by atoms with Gasteiger partial charge in [0, 0.05) is 40.9 Å². The number of benzene rings is 3. The average molecular weight is 571 g/mol. The lowest BCUT2D eigenvalue weighted by Crippen LogP contribution is -2.50. The maximum Gasteiger partial charge on any atom is 0.336 e. The first kappa shape index (κ1) is 28.9. The van der Waals surface area contributed by atoms with Crippen molar-refractivity contribution in [3.63, 3.8) is 0 Å². The summed E-state index contributed by atoms with van der Waals surface area (Å²) in [5.41, 5.74) is 1.37. The zero-order chi connectivity index (χ0) is 29.1. The molecule has 1 heterocycles. The molecule has 2 aliphatic rings. The Bertz CT molecular complexity index is 1590. The Hall–Kier alpha value is -4.11. The van der Waals surface area contributed by atoms with Crippen LogP contribution in [0.5, 0.6) is 5.75 Å². The molecular formula is C27H26N2O10S. The highest BCUT2D eigenvalue weighted by atomic mass is 32.1. The van der Waals surface area contributed by atoms with E-state index < -0.39 is 37.0 Å². The van der Waals surface area contributed by atoms with Crippen LogP contribution in [0.3, 0.4) is 0 Å². The summed E-state index contributed by atoms with van der Waals surface area (Å²) in [6.45, 7) is -1.15. The predicted octanol–water partition coefficient (Wildman–Crippen LogP) is 0.691. The number of phenols is 1. The van der Waals surface area contributed by atoms with E-state index in [1.807, 2.05) is 0 Å². The van der Waals surface area contributed by atoms with Gasteiger partial charge in [0.1, 0.15) is 35.4 Å². The number of aromatic hydroxyl groups is 1. The van der Waals surface area contributed by atoms with Crippen molar-refractivity contribution >= 4 is 40.0 Å². The van der Waals surface area contributed by atoms with E-state index in [0.29, 0.717) is 22.1 Å². The van der Waals surface area contributed by atoms with Crippen molar-refractivity contribution in [1.82, 2.24) is 5.32 Å². The number of carboxylic acid groups (broad SMARTS) is 1. The van der Waals surface area contributed by atoms with Gasteiger partial charge in [-0.05, 0) is 54.2 Å². The van der Waals surface area contributed by atoms with Gasteiger partial charge in [-0.25, -0.2) is 4.79 Å². The highest BCUT2D eigenvalue weighted by Crippen LogP contribution is 2.42. The number of thiocarbonyl (C=S) groups is 1. The van der Waals surface area contributed by atoms with E-state index in [4.69, 9.17) is 21.7 Å². The second kappa shape index (κ2) is 12.0. The molecule has 1 aliphatic heterocycles. The normalized spacial score (nSPS) is 14.4. The summed E-state index contributed by atoms with van der Waals surface area (Å²) < 4.78 is 5.82. The minimum atomic E-state index is -1.80. The molecule has 0 amide bonds. The number of carbonyl (C=O) groups is 1. The molecule has 0 bridgehead atoms. The molecule has 4 rings (SSSR count). The second-order valence-corrected chi connectivity index (χ2v) is 9.42. The molecule has 0 fully saturated rings. The van der Waals surface area contributed by atoms with Crippen LogP contribution in [-0.2, 0) is 0 Å². The third-order valence-electron chi connectivity index (χ3n) is 6.25. The number of rotatable bonds is 9. The number of fused-ring (bicyclic) bond motifs is 2. The third-order valence-corrected chi connectivity index (χ3v) is 6.50. The van der Waals surface area contributed by atoms with Crippen molar-refractivity contribution in [2.45, 2.75) is 24.4 Å². The number of aliphatic hydroxyl groups is 5. The number of nitrogens with one attached hydrogen (secondary N) is 2. The Labute approximate surface area is 231 Å². The minimum Gasteiger partial charge on any atom is -0.508 e. The Balaban J connectivity index is 1.64. The lowest BCUT2D eigenvalue weighted by molar-refractivity contribution is -0.113. The van der Waals surface area contributed by atoms with Gasteiger partial charge in [-0.1, -0.05) is 6.07 Å². The standard InChI is InChI=1S/C27H26N2O10S/c30-11-20(34)25(36)24(35)19(33)10-28-27(40)29-12-1-4-15(18(7-12)26(37)38)23-16-5-2-13(31)8-21(16)39-22-9-14(32)3-6-17(22)23/h1-9,19-20,24-25,30-31,33-36H,10-11H2,(H,37,38)(H2,28,29,40)/t19-,20-,24?,25-/m1/s1. The van der Waals surface area contributed by atoms with Crippen molar-refractivity contribution in [2.75, 3.05) is 18.5 Å². The van der Waals surface area contributed by atoms with Gasteiger partial charge >= 0.3 is 5.97 Å². The fourth-order valence-corrected chi connectivity index (χ4v) is 4.42. The van der Waals surface area contributed by atoms with Gasteiger partial charge < -0.3 is 50.8 Å². The summed E-state index contributed by atoms with van der Waals surface area (Å²) in [5, 5.41) is 73.9. The number of phenolic OH excluding ortho intramolecular Hbond substituents is 1. The van der Waals surface area contributed by atoms with Crippen LogP contribution in [0.4, 0.5) is 5.69 Å². The molecule has 0 saturated heterocycles. The number of carboxylic acids is 1. The van der Waals surface area contributed by atoms with Crippen molar-refractivity contribution in [1.29, 1.82) is 0 Å². The molecule has 0 saturated carbocycles. The van der Waals surface area contributed by atoms with E-state index in [2.05, 4.69) is 10.6 Å². The largest absolute Gasteiger partial charge is 0.508 e. The maximum atomic E-state index is 12.3. The average Bonchev–Trinajstić information content (AvgIpc) is 2.93. The number of hydrogen-bond acceptors (Lipinski definition) is 10. The van der Waals surface area contributed by atoms with Gasteiger partial charge in [-0.3, -0.25) is 4.79 Å². The number of aliphatic hydroxyl groups excluding tert-OH is 5. The molecule has 40 heavy (non-hydrogen) atoms. The van der Waals surface area contributed by atoms with E-state index in [1.54, 1.807) is 18.2 Å².